The summed E-state index contributed by atoms with van der Waals surface area (Å²) in [5, 5.41) is 2.72. The lowest BCUT2D eigenvalue weighted by atomic mass is 9.77. The van der Waals surface area contributed by atoms with E-state index in [2.05, 4.69) is 5.32 Å². The van der Waals surface area contributed by atoms with Crippen LogP contribution in [0.1, 0.15) is 38.3 Å². The minimum atomic E-state index is -1.13. The third kappa shape index (κ3) is 3.94. The van der Waals surface area contributed by atoms with Crippen molar-refractivity contribution in [1.82, 2.24) is 5.32 Å². The predicted octanol–water partition coefficient (Wildman–Crippen LogP) is 2.19. The number of methoxy groups -OCH3 is 1. The van der Waals surface area contributed by atoms with Crippen LogP contribution in [0.3, 0.4) is 0 Å². The van der Waals surface area contributed by atoms with E-state index in [-0.39, 0.29) is 0 Å². The van der Waals surface area contributed by atoms with Crippen molar-refractivity contribution >= 4 is 17.7 Å². The van der Waals surface area contributed by atoms with Gasteiger partial charge in [-0.25, -0.2) is 9.59 Å². The van der Waals surface area contributed by atoms with Crippen molar-refractivity contribution < 1.29 is 19.1 Å². The number of hydrogen-bond donors (Lipinski definition) is 2. The van der Waals surface area contributed by atoms with Gasteiger partial charge in [0.05, 0.1) is 7.11 Å². The fraction of sp³-hybridized carbons (Fsp3) is 0.529. The third-order valence-corrected chi connectivity index (χ3v) is 3.86. The van der Waals surface area contributed by atoms with Crippen molar-refractivity contribution in [2.24, 2.45) is 0 Å². The van der Waals surface area contributed by atoms with Crippen LogP contribution in [0.25, 0.3) is 0 Å². The molecule has 0 saturated heterocycles. The molecule has 126 valence electrons. The number of benzene rings is 1. The molecule has 6 heteroatoms. The highest BCUT2D eigenvalue weighted by molar-refractivity contribution is 5.86. The molecule has 1 unspecified atom stereocenters. The number of esters is 1. The zero-order chi connectivity index (χ0) is 17.3. The van der Waals surface area contributed by atoms with Gasteiger partial charge in [0.15, 0.2) is 0 Å². The number of ether oxygens (including phenoxy) is 2. The summed E-state index contributed by atoms with van der Waals surface area (Å²) in [6, 6.07) is 5.63. The molecular weight excluding hydrogens is 296 g/mol. The maximum atomic E-state index is 12.4. The van der Waals surface area contributed by atoms with Crippen molar-refractivity contribution in [3.05, 3.63) is 29.3 Å². The summed E-state index contributed by atoms with van der Waals surface area (Å²) in [5.74, 6) is -0.476. The number of carbonyl (C=O) groups excluding carboxylic acids is 2. The number of nitrogen functional groups attached to an aromatic ring is 1. The SMILES string of the molecule is COC(=O)C1(NC(=O)OC(C)(C)C)CCc2ccc(N)cc2C1. The molecule has 3 N–H and O–H groups in total. The molecule has 0 saturated carbocycles. The molecule has 0 aromatic heterocycles. The molecule has 0 aliphatic heterocycles. The number of alkyl carbamates (subject to hydrolysis) is 1. The van der Waals surface area contributed by atoms with Crippen LogP contribution in [-0.4, -0.2) is 30.3 Å². The van der Waals surface area contributed by atoms with Gasteiger partial charge in [0.1, 0.15) is 11.1 Å². The standard InChI is InChI=1S/C17H24N2O4/c1-16(2,3)23-15(21)19-17(14(20)22-4)8-7-11-5-6-13(18)9-12(11)10-17/h5-6,9H,7-8,10,18H2,1-4H3,(H,19,21). The van der Waals surface area contributed by atoms with Crippen molar-refractivity contribution in [2.45, 2.75) is 51.2 Å². The molecule has 1 aliphatic carbocycles. The largest absolute Gasteiger partial charge is 0.467 e. The Bertz CT molecular complexity index is 622. The van der Waals surface area contributed by atoms with E-state index in [1.54, 1.807) is 20.8 Å². The van der Waals surface area contributed by atoms with E-state index in [0.717, 1.165) is 11.1 Å². The lowest BCUT2D eigenvalue weighted by Gasteiger charge is -2.36. The highest BCUT2D eigenvalue weighted by atomic mass is 16.6. The van der Waals surface area contributed by atoms with E-state index >= 15 is 0 Å². The molecule has 1 aromatic rings. The Morgan fingerprint density at radius 2 is 1.96 bits per heavy atom. The minimum Gasteiger partial charge on any atom is -0.467 e. The number of anilines is 1. The zero-order valence-electron chi connectivity index (χ0n) is 14.1. The molecule has 1 aromatic carbocycles. The smallest absolute Gasteiger partial charge is 0.408 e. The van der Waals surface area contributed by atoms with Crippen LogP contribution in [0.5, 0.6) is 0 Å². The number of amides is 1. The molecule has 2 rings (SSSR count). The molecule has 23 heavy (non-hydrogen) atoms. The van der Waals surface area contributed by atoms with Gasteiger partial charge in [0.2, 0.25) is 0 Å². The van der Waals surface area contributed by atoms with Crippen molar-refractivity contribution in [3.63, 3.8) is 0 Å². The van der Waals surface area contributed by atoms with Gasteiger partial charge >= 0.3 is 12.1 Å². The highest BCUT2D eigenvalue weighted by Gasteiger charge is 2.44. The number of nitrogens with two attached hydrogens (primary N) is 1. The third-order valence-electron chi connectivity index (χ3n) is 3.86. The summed E-state index contributed by atoms with van der Waals surface area (Å²) in [5.41, 5.74) is 6.77. The van der Waals surface area contributed by atoms with Crippen LogP contribution in [0, 0.1) is 0 Å². The summed E-state index contributed by atoms with van der Waals surface area (Å²) in [6.45, 7) is 5.32. The Morgan fingerprint density at radius 1 is 1.26 bits per heavy atom. The van der Waals surface area contributed by atoms with Crippen LogP contribution < -0.4 is 11.1 Å². The van der Waals surface area contributed by atoms with Gasteiger partial charge in [-0.2, -0.15) is 0 Å². The van der Waals surface area contributed by atoms with Crippen LogP contribution in [0.15, 0.2) is 18.2 Å². The summed E-state index contributed by atoms with van der Waals surface area (Å²) in [4.78, 5) is 24.5. The van der Waals surface area contributed by atoms with Gasteiger partial charge in [0.25, 0.3) is 0 Å². The van der Waals surface area contributed by atoms with Gasteiger partial charge in [0, 0.05) is 12.1 Å². The second-order valence-electron chi connectivity index (χ2n) is 6.91. The van der Waals surface area contributed by atoms with Gasteiger partial charge < -0.3 is 20.5 Å². The lowest BCUT2D eigenvalue weighted by Crippen LogP contribution is -2.59. The van der Waals surface area contributed by atoms with Crippen LogP contribution in [0.4, 0.5) is 10.5 Å². The second-order valence-corrected chi connectivity index (χ2v) is 6.91. The van der Waals surface area contributed by atoms with Gasteiger partial charge in [-0.1, -0.05) is 6.07 Å². The van der Waals surface area contributed by atoms with Crippen LogP contribution in [-0.2, 0) is 27.1 Å². The Labute approximate surface area is 136 Å². The Morgan fingerprint density at radius 3 is 2.57 bits per heavy atom. The number of fused-ring (bicyclic) bond motifs is 1. The molecule has 0 spiro atoms. The first-order valence-corrected chi connectivity index (χ1v) is 7.62. The average Bonchev–Trinajstić information content (AvgIpc) is 2.43. The highest BCUT2D eigenvalue weighted by Crippen LogP contribution is 2.31. The molecule has 0 fully saturated rings. The van der Waals surface area contributed by atoms with Gasteiger partial charge in [-0.15, -0.1) is 0 Å². The summed E-state index contributed by atoms with van der Waals surface area (Å²) < 4.78 is 10.2. The van der Waals surface area contributed by atoms with Crippen LogP contribution in [0.2, 0.25) is 0 Å². The number of nitrogens with one attached hydrogen (secondary N) is 1. The molecule has 1 atom stereocenters. The minimum absolute atomic E-state index is 0.333. The Hall–Kier alpha value is -2.24. The molecular formula is C17H24N2O4. The van der Waals surface area contributed by atoms with E-state index in [1.807, 2.05) is 18.2 Å². The van der Waals surface area contributed by atoms with E-state index in [0.29, 0.717) is 24.9 Å². The molecule has 0 radical (unpaired) electrons. The normalized spacial score (nSPS) is 20.3. The Balaban J connectivity index is 2.28. The first-order chi connectivity index (χ1) is 10.6. The van der Waals surface area contributed by atoms with Gasteiger partial charge in [-0.05, 0) is 56.9 Å². The summed E-state index contributed by atoms with van der Waals surface area (Å²) in [6.07, 6.45) is 0.811. The van der Waals surface area contributed by atoms with Crippen molar-refractivity contribution in [3.8, 4) is 0 Å². The van der Waals surface area contributed by atoms with Gasteiger partial charge in [-0.3, -0.25) is 0 Å². The Kier molecular flexibility index (Phi) is 4.54. The summed E-state index contributed by atoms with van der Waals surface area (Å²) in [7, 11) is 1.32. The fourth-order valence-electron chi connectivity index (χ4n) is 2.84. The molecule has 0 bridgehead atoms. The first-order valence-electron chi connectivity index (χ1n) is 7.62. The molecule has 0 heterocycles. The number of aryl methyl sites for hydroxylation is 1. The quantitative estimate of drug-likeness (QED) is 0.644. The van der Waals surface area contributed by atoms with Crippen molar-refractivity contribution in [2.75, 3.05) is 12.8 Å². The van der Waals surface area contributed by atoms with Crippen LogP contribution >= 0.6 is 0 Å². The van der Waals surface area contributed by atoms with E-state index < -0.39 is 23.2 Å². The zero-order valence-corrected chi connectivity index (χ0v) is 14.1. The topological polar surface area (TPSA) is 90.6 Å². The molecule has 1 aliphatic rings. The first kappa shape index (κ1) is 17.1. The summed E-state index contributed by atoms with van der Waals surface area (Å²) >= 11 is 0. The lowest BCUT2D eigenvalue weighted by molar-refractivity contribution is -0.149. The average molecular weight is 320 g/mol. The maximum Gasteiger partial charge on any atom is 0.408 e. The second kappa shape index (κ2) is 6.10. The van der Waals surface area contributed by atoms with E-state index in [9.17, 15) is 9.59 Å². The fourth-order valence-corrected chi connectivity index (χ4v) is 2.84. The van der Waals surface area contributed by atoms with Crippen molar-refractivity contribution in [1.29, 1.82) is 0 Å². The molecule has 1 amide bonds. The van der Waals surface area contributed by atoms with E-state index in [4.69, 9.17) is 15.2 Å². The van der Waals surface area contributed by atoms with E-state index in [1.165, 1.54) is 7.11 Å². The number of rotatable bonds is 2. The maximum absolute atomic E-state index is 12.4. The predicted molar refractivity (Wildman–Crippen MR) is 87.0 cm³/mol. The monoisotopic (exact) mass is 320 g/mol. The number of carbonyl (C=O) groups is 2. The molecule has 6 nitrogen and oxygen atoms in total. The number of hydrogen-bond acceptors (Lipinski definition) is 5.